The number of nitrogens with two attached hydrogens (primary N) is 1. The Labute approximate surface area is 171 Å². The zero-order valence-corrected chi connectivity index (χ0v) is 17.8. The van der Waals surface area contributed by atoms with Crippen LogP contribution in [-0.4, -0.2) is 33.2 Å². The monoisotopic (exact) mass is 394 g/mol. The van der Waals surface area contributed by atoms with E-state index < -0.39 is 0 Å². The molecular formula is C22H30N6O. The highest BCUT2D eigenvalue weighted by molar-refractivity contribution is 5.89. The van der Waals surface area contributed by atoms with Gasteiger partial charge in [-0.25, -0.2) is 4.98 Å². The molecule has 7 heteroatoms. The van der Waals surface area contributed by atoms with Crippen molar-refractivity contribution < 1.29 is 0 Å². The van der Waals surface area contributed by atoms with Gasteiger partial charge in [-0.3, -0.25) is 9.36 Å². The number of hydrogen-bond donors (Lipinski definition) is 1. The number of allylic oxidation sites excluding steroid dienone is 4. The van der Waals surface area contributed by atoms with E-state index in [9.17, 15) is 10.1 Å². The summed E-state index contributed by atoms with van der Waals surface area (Å²) in [5.41, 5.74) is 9.79. The molecule has 3 rings (SSSR count). The fourth-order valence-corrected chi connectivity index (χ4v) is 3.75. The summed E-state index contributed by atoms with van der Waals surface area (Å²) >= 11 is 0. The Hall–Kier alpha value is -2.85. The zero-order chi connectivity index (χ0) is 21.1. The minimum Gasteiger partial charge on any atom is -0.355 e. The summed E-state index contributed by atoms with van der Waals surface area (Å²) in [5, 5.41) is 9.95. The summed E-state index contributed by atoms with van der Waals surface area (Å²) in [7, 11) is 0. The van der Waals surface area contributed by atoms with Gasteiger partial charge in [0.25, 0.3) is 5.56 Å². The SMILES string of the molecule is CC(C)=CCn1cnc2c(C#N)c(N3CCC[C@@H](N)C3)n(CC=C(C)C)c2c1=O. The van der Waals surface area contributed by atoms with E-state index in [0.717, 1.165) is 36.4 Å². The maximum absolute atomic E-state index is 13.3. The second-order valence-corrected chi connectivity index (χ2v) is 8.23. The Bertz CT molecular complexity index is 1060. The number of anilines is 1. The number of nitriles is 1. The fraction of sp³-hybridized carbons (Fsp3) is 0.500. The van der Waals surface area contributed by atoms with E-state index in [1.807, 2.05) is 38.3 Å². The van der Waals surface area contributed by atoms with Crippen LogP contribution in [0.4, 0.5) is 5.82 Å². The van der Waals surface area contributed by atoms with Gasteiger partial charge in [-0.15, -0.1) is 0 Å². The average Bonchev–Trinajstić information content (AvgIpc) is 2.99. The third-order valence-electron chi connectivity index (χ3n) is 5.25. The Morgan fingerprint density at radius 1 is 1.28 bits per heavy atom. The van der Waals surface area contributed by atoms with E-state index >= 15 is 0 Å². The smallest absolute Gasteiger partial charge is 0.278 e. The highest BCUT2D eigenvalue weighted by Gasteiger charge is 2.28. The molecule has 154 valence electrons. The second kappa shape index (κ2) is 8.66. The molecule has 0 spiro atoms. The number of rotatable bonds is 5. The number of fused-ring (bicyclic) bond motifs is 1. The molecule has 1 saturated heterocycles. The lowest BCUT2D eigenvalue weighted by atomic mass is 10.1. The van der Waals surface area contributed by atoms with Crippen LogP contribution in [0.1, 0.15) is 46.1 Å². The number of piperidine rings is 1. The van der Waals surface area contributed by atoms with Crippen LogP contribution in [0.3, 0.4) is 0 Å². The standard InChI is InChI=1S/C22H30N6O/c1-15(2)7-10-27-14-25-19-18(12-23)21(26-9-5-6-17(24)13-26)28(11-8-16(3)4)20(19)22(27)29/h7-8,14,17H,5-6,9-11,13,24H2,1-4H3/t17-/m1/s1. The molecule has 29 heavy (non-hydrogen) atoms. The van der Waals surface area contributed by atoms with Crippen LogP contribution in [0.15, 0.2) is 34.4 Å². The highest BCUT2D eigenvalue weighted by atomic mass is 16.1. The predicted octanol–water partition coefficient (Wildman–Crippen LogP) is 2.93. The first-order valence-corrected chi connectivity index (χ1v) is 10.1. The Morgan fingerprint density at radius 2 is 1.97 bits per heavy atom. The molecule has 0 unspecified atom stereocenters. The van der Waals surface area contributed by atoms with Crippen LogP contribution >= 0.6 is 0 Å². The minimum atomic E-state index is -0.126. The van der Waals surface area contributed by atoms with Crippen LogP contribution < -0.4 is 16.2 Å². The van der Waals surface area contributed by atoms with Crippen molar-refractivity contribution in [3.63, 3.8) is 0 Å². The van der Waals surface area contributed by atoms with Gasteiger partial charge in [-0.05, 0) is 40.5 Å². The fourth-order valence-electron chi connectivity index (χ4n) is 3.75. The molecule has 3 heterocycles. The van der Waals surface area contributed by atoms with Gasteiger partial charge in [0, 0.05) is 32.2 Å². The van der Waals surface area contributed by atoms with E-state index in [4.69, 9.17) is 5.73 Å². The minimum absolute atomic E-state index is 0.0625. The van der Waals surface area contributed by atoms with Gasteiger partial charge in [0.1, 0.15) is 28.5 Å². The van der Waals surface area contributed by atoms with Crippen molar-refractivity contribution in [2.75, 3.05) is 18.0 Å². The first kappa shape index (κ1) is 20.9. The molecule has 2 aromatic rings. The molecule has 1 fully saturated rings. The van der Waals surface area contributed by atoms with Gasteiger partial charge < -0.3 is 15.2 Å². The zero-order valence-electron chi connectivity index (χ0n) is 17.8. The molecule has 0 aliphatic carbocycles. The van der Waals surface area contributed by atoms with Gasteiger partial charge in [0.05, 0.1) is 6.33 Å². The lowest BCUT2D eigenvalue weighted by Gasteiger charge is -2.33. The highest BCUT2D eigenvalue weighted by Crippen LogP contribution is 2.31. The van der Waals surface area contributed by atoms with E-state index in [1.54, 1.807) is 10.9 Å². The molecule has 2 N–H and O–H groups in total. The number of aromatic nitrogens is 3. The third-order valence-corrected chi connectivity index (χ3v) is 5.25. The van der Waals surface area contributed by atoms with Crippen LogP contribution in [0.2, 0.25) is 0 Å². The summed E-state index contributed by atoms with van der Waals surface area (Å²) in [4.78, 5) is 20.0. The number of hydrogen-bond acceptors (Lipinski definition) is 5. The van der Waals surface area contributed by atoms with Crippen LogP contribution in [-0.2, 0) is 13.1 Å². The Morgan fingerprint density at radius 3 is 2.59 bits per heavy atom. The second-order valence-electron chi connectivity index (χ2n) is 8.23. The summed E-state index contributed by atoms with van der Waals surface area (Å²) < 4.78 is 3.55. The largest absolute Gasteiger partial charge is 0.355 e. The van der Waals surface area contributed by atoms with Crippen molar-refractivity contribution in [3.8, 4) is 6.07 Å². The normalized spacial score (nSPS) is 16.6. The van der Waals surface area contributed by atoms with Crippen molar-refractivity contribution >= 4 is 16.9 Å². The average molecular weight is 395 g/mol. The summed E-state index contributed by atoms with van der Waals surface area (Å²) in [5.74, 6) is 0.764. The van der Waals surface area contributed by atoms with E-state index in [-0.39, 0.29) is 11.6 Å². The van der Waals surface area contributed by atoms with Crippen LogP contribution in [0.25, 0.3) is 11.0 Å². The molecule has 7 nitrogen and oxygen atoms in total. The molecule has 0 aromatic carbocycles. The number of nitrogens with zero attached hydrogens (tertiary/aromatic N) is 5. The quantitative estimate of drug-likeness (QED) is 0.787. The molecule has 1 aliphatic rings. The van der Waals surface area contributed by atoms with Crippen molar-refractivity contribution in [1.82, 2.24) is 14.1 Å². The summed E-state index contributed by atoms with van der Waals surface area (Å²) in [6.07, 6.45) is 7.55. The molecule has 2 aromatic heterocycles. The van der Waals surface area contributed by atoms with Crippen molar-refractivity contribution in [1.29, 1.82) is 5.26 Å². The molecule has 0 saturated carbocycles. The lowest BCUT2D eigenvalue weighted by Crippen LogP contribution is -2.44. The van der Waals surface area contributed by atoms with Crippen molar-refractivity contribution in [2.24, 2.45) is 5.73 Å². The Kier molecular flexibility index (Phi) is 6.23. The van der Waals surface area contributed by atoms with Gasteiger partial charge in [0.15, 0.2) is 0 Å². The molecule has 0 amide bonds. The van der Waals surface area contributed by atoms with Crippen molar-refractivity contribution in [3.05, 3.63) is 45.5 Å². The Balaban J connectivity index is 2.27. The summed E-state index contributed by atoms with van der Waals surface area (Å²) in [6.45, 7) is 10.5. The molecule has 0 bridgehead atoms. The topological polar surface area (TPSA) is 92.9 Å². The first-order chi connectivity index (χ1) is 13.8. The third kappa shape index (κ3) is 4.28. The molecular weight excluding hydrogens is 364 g/mol. The van der Waals surface area contributed by atoms with E-state index in [2.05, 4.69) is 22.0 Å². The van der Waals surface area contributed by atoms with Gasteiger partial charge in [0.2, 0.25) is 0 Å². The van der Waals surface area contributed by atoms with Crippen LogP contribution in [0, 0.1) is 11.3 Å². The van der Waals surface area contributed by atoms with Gasteiger partial charge >= 0.3 is 0 Å². The van der Waals surface area contributed by atoms with Gasteiger partial charge in [-0.1, -0.05) is 23.3 Å². The molecule has 1 atom stereocenters. The molecule has 1 aliphatic heterocycles. The predicted molar refractivity (Wildman–Crippen MR) is 117 cm³/mol. The van der Waals surface area contributed by atoms with Crippen molar-refractivity contribution in [2.45, 2.75) is 59.7 Å². The molecule has 0 radical (unpaired) electrons. The van der Waals surface area contributed by atoms with Crippen LogP contribution in [0.5, 0.6) is 0 Å². The lowest BCUT2D eigenvalue weighted by molar-refractivity contribution is 0.499. The first-order valence-electron chi connectivity index (χ1n) is 10.1. The maximum atomic E-state index is 13.3. The van der Waals surface area contributed by atoms with E-state index in [1.165, 1.54) is 0 Å². The van der Waals surface area contributed by atoms with Gasteiger partial charge in [-0.2, -0.15) is 5.26 Å². The maximum Gasteiger partial charge on any atom is 0.278 e. The summed E-state index contributed by atoms with van der Waals surface area (Å²) in [6, 6.07) is 2.37. The van der Waals surface area contributed by atoms with E-state index in [0.29, 0.717) is 36.2 Å².